The first-order valence-electron chi connectivity index (χ1n) is 7.28. The molecule has 110 valence electrons. The third kappa shape index (κ3) is 3.24. The minimum Gasteiger partial charge on any atom is -0.385 e. The van der Waals surface area contributed by atoms with Crippen LogP contribution in [0.25, 0.3) is 0 Å². The molecule has 2 N–H and O–H groups in total. The number of aryl methyl sites for hydroxylation is 1. The van der Waals surface area contributed by atoms with E-state index in [1.165, 1.54) is 24.2 Å². The number of carbonyl (C=O) groups is 1. The van der Waals surface area contributed by atoms with Crippen molar-refractivity contribution in [3.8, 4) is 0 Å². The first-order chi connectivity index (χ1) is 10.2. The highest BCUT2D eigenvalue weighted by Gasteiger charge is 2.26. The number of anilines is 2. The van der Waals surface area contributed by atoms with Crippen molar-refractivity contribution in [2.24, 2.45) is 0 Å². The Morgan fingerprint density at radius 2 is 2.24 bits per heavy atom. The summed E-state index contributed by atoms with van der Waals surface area (Å²) in [4.78, 5) is 17.0. The van der Waals surface area contributed by atoms with Crippen LogP contribution in [-0.4, -0.2) is 17.4 Å². The van der Waals surface area contributed by atoms with Gasteiger partial charge in [0.1, 0.15) is 0 Å². The third-order valence-electron chi connectivity index (χ3n) is 3.52. The van der Waals surface area contributed by atoms with Gasteiger partial charge < -0.3 is 5.32 Å². The van der Waals surface area contributed by atoms with Gasteiger partial charge in [0.25, 0.3) is 5.91 Å². The summed E-state index contributed by atoms with van der Waals surface area (Å²) in [5, 5.41) is 8.88. The minimum absolute atomic E-state index is 0.105. The molecule has 0 aliphatic heterocycles. The van der Waals surface area contributed by atoms with E-state index in [2.05, 4.69) is 21.0 Å². The minimum atomic E-state index is -0.105. The molecule has 0 radical (unpaired) electrons. The van der Waals surface area contributed by atoms with E-state index in [1.54, 1.807) is 0 Å². The molecule has 4 nitrogen and oxygen atoms in total. The highest BCUT2D eigenvalue weighted by molar-refractivity contribution is 7.14. The van der Waals surface area contributed by atoms with Crippen LogP contribution in [0.3, 0.4) is 0 Å². The highest BCUT2D eigenvalue weighted by atomic mass is 32.1. The van der Waals surface area contributed by atoms with Gasteiger partial charge in [-0.25, -0.2) is 4.98 Å². The van der Waals surface area contributed by atoms with Gasteiger partial charge in [0.2, 0.25) is 0 Å². The number of amides is 1. The molecule has 21 heavy (non-hydrogen) atoms. The predicted molar refractivity (Wildman–Crippen MR) is 87.4 cm³/mol. The largest absolute Gasteiger partial charge is 0.385 e. The second-order valence-corrected chi connectivity index (χ2v) is 6.24. The zero-order valence-electron chi connectivity index (χ0n) is 12.3. The Labute approximate surface area is 128 Å². The van der Waals surface area contributed by atoms with E-state index in [0.717, 1.165) is 23.5 Å². The van der Waals surface area contributed by atoms with Crippen LogP contribution in [0.15, 0.2) is 23.6 Å². The molecular formula is C16H19N3OS. The Hall–Kier alpha value is -1.88. The number of hydrogen-bond acceptors (Lipinski definition) is 4. The summed E-state index contributed by atoms with van der Waals surface area (Å²) in [7, 11) is 0. The number of carbonyl (C=O) groups excluding carboxylic acids is 1. The van der Waals surface area contributed by atoms with Crippen LogP contribution in [0, 0.1) is 6.92 Å². The summed E-state index contributed by atoms with van der Waals surface area (Å²) in [5.41, 5.74) is 3.71. The summed E-state index contributed by atoms with van der Waals surface area (Å²) >= 11 is 1.50. The summed E-state index contributed by atoms with van der Waals surface area (Å²) in [6, 6.07) is 5.86. The second kappa shape index (κ2) is 5.85. The number of nitrogens with one attached hydrogen (secondary N) is 2. The average Bonchev–Trinajstić information content (AvgIpc) is 3.22. The van der Waals surface area contributed by atoms with Crippen molar-refractivity contribution in [1.82, 2.24) is 4.98 Å². The molecule has 0 bridgehead atoms. The molecule has 1 aromatic carbocycles. The quantitative estimate of drug-likeness (QED) is 0.877. The summed E-state index contributed by atoms with van der Waals surface area (Å²) < 4.78 is 0. The molecule has 3 rings (SSSR count). The van der Waals surface area contributed by atoms with Gasteiger partial charge in [0.05, 0.1) is 11.3 Å². The third-order valence-corrected chi connectivity index (χ3v) is 4.30. The SMILES string of the molecule is CCNc1ccc(C)cc1C(=O)Nc1nc(C2CC2)cs1. The van der Waals surface area contributed by atoms with E-state index in [4.69, 9.17) is 0 Å². The molecule has 1 heterocycles. The van der Waals surface area contributed by atoms with Crippen molar-refractivity contribution in [1.29, 1.82) is 0 Å². The Morgan fingerprint density at radius 3 is 2.95 bits per heavy atom. The molecule has 1 saturated carbocycles. The highest BCUT2D eigenvalue weighted by Crippen LogP contribution is 2.40. The van der Waals surface area contributed by atoms with E-state index in [1.807, 2.05) is 32.0 Å². The van der Waals surface area contributed by atoms with Crippen LogP contribution in [0.4, 0.5) is 10.8 Å². The normalized spacial score (nSPS) is 14.0. The lowest BCUT2D eigenvalue weighted by Crippen LogP contribution is -2.15. The molecule has 2 aromatic rings. The topological polar surface area (TPSA) is 54.0 Å². The Bertz CT molecular complexity index is 661. The maximum atomic E-state index is 12.5. The fourth-order valence-electron chi connectivity index (χ4n) is 2.27. The summed E-state index contributed by atoms with van der Waals surface area (Å²) in [6.07, 6.45) is 2.44. The number of hydrogen-bond donors (Lipinski definition) is 2. The molecule has 1 fully saturated rings. The van der Waals surface area contributed by atoms with Gasteiger partial charge in [-0.2, -0.15) is 0 Å². The lowest BCUT2D eigenvalue weighted by Gasteiger charge is -2.11. The van der Waals surface area contributed by atoms with E-state index in [0.29, 0.717) is 16.6 Å². The van der Waals surface area contributed by atoms with Gasteiger partial charge in [-0.1, -0.05) is 11.6 Å². The zero-order chi connectivity index (χ0) is 14.8. The van der Waals surface area contributed by atoms with Gasteiger partial charge in [0.15, 0.2) is 5.13 Å². The number of thiazole rings is 1. The zero-order valence-corrected chi connectivity index (χ0v) is 13.1. The lowest BCUT2D eigenvalue weighted by atomic mass is 10.1. The van der Waals surface area contributed by atoms with Gasteiger partial charge in [-0.3, -0.25) is 10.1 Å². The maximum absolute atomic E-state index is 12.5. The number of aromatic nitrogens is 1. The number of rotatable bonds is 5. The summed E-state index contributed by atoms with van der Waals surface area (Å²) in [5.74, 6) is 0.509. The molecule has 0 spiro atoms. The van der Waals surface area contributed by atoms with Crippen molar-refractivity contribution in [2.75, 3.05) is 17.2 Å². The molecule has 0 atom stereocenters. The van der Waals surface area contributed by atoms with E-state index in [-0.39, 0.29) is 5.91 Å². The van der Waals surface area contributed by atoms with Crippen molar-refractivity contribution >= 4 is 28.1 Å². The van der Waals surface area contributed by atoms with Gasteiger partial charge >= 0.3 is 0 Å². The molecular weight excluding hydrogens is 282 g/mol. The Balaban J connectivity index is 1.78. The second-order valence-electron chi connectivity index (χ2n) is 5.39. The van der Waals surface area contributed by atoms with Crippen LogP contribution >= 0.6 is 11.3 Å². The molecule has 1 amide bonds. The first kappa shape index (κ1) is 14.1. The predicted octanol–water partition coefficient (Wildman–Crippen LogP) is 4.01. The molecule has 1 aromatic heterocycles. The standard InChI is InChI=1S/C16H19N3OS/c1-3-17-13-7-4-10(2)8-12(13)15(20)19-16-18-14(9-21-16)11-5-6-11/h4,7-9,11,17H,3,5-6H2,1-2H3,(H,18,19,20). The Kier molecular flexibility index (Phi) is 3.92. The van der Waals surface area contributed by atoms with Gasteiger partial charge in [0, 0.05) is 23.5 Å². The first-order valence-corrected chi connectivity index (χ1v) is 8.16. The van der Waals surface area contributed by atoms with Gasteiger partial charge in [-0.15, -0.1) is 11.3 Å². The molecule has 1 aliphatic carbocycles. The number of benzene rings is 1. The average molecular weight is 301 g/mol. The van der Waals surface area contributed by atoms with Crippen molar-refractivity contribution in [2.45, 2.75) is 32.6 Å². The van der Waals surface area contributed by atoms with Crippen LogP contribution in [0.5, 0.6) is 0 Å². The van der Waals surface area contributed by atoms with Crippen LogP contribution in [0.2, 0.25) is 0 Å². The molecule has 1 aliphatic rings. The van der Waals surface area contributed by atoms with E-state index >= 15 is 0 Å². The molecule has 0 saturated heterocycles. The van der Waals surface area contributed by atoms with Crippen molar-refractivity contribution in [3.05, 3.63) is 40.4 Å². The number of nitrogens with zero attached hydrogens (tertiary/aromatic N) is 1. The van der Waals surface area contributed by atoms with Gasteiger partial charge in [-0.05, 0) is 38.8 Å². The molecule has 5 heteroatoms. The fraction of sp³-hybridized carbons (Fsp3) is 0.375. The van der Waals surface area contributed by atoms with Crippen molar-refractivity contribution in [3.63, 3.8) is 0 Å². The summed E-state index contributed by atoms with van der Waals surface area (Å²) in [6.45, 7) is 4.79. The van der Waals surface area contributed by atoms with E-state index < -0.39 is 0 Å². The van der Waals surface area contributed by atoms with Crippen LogP contribution in [0.1, 0.15) is 47.3 Å². The smallest absolute Gasteiger partial charge is 0.259 e. The molecule has 0 unspecified atom stereocenters. The Morgan fingerprint density at radius 1 is 1.43 bits per heavy atom. The van der Waals surface area contributed by atoms with Crippen LogP contribution < -0.4 is 10.6 Å². The van der Waals surface area contributed by atoms with Crippen molar-refractivity contribution < 1.29 is 4.79 Å². The fourth-order valence-corrected chi connectivity index (χ4v) is 3.05. The lowest BCUT2D eigenvalue weighted by molar-refractivity contribution is 0.102. The monoisotopic (exact) mass is 301 g/mol. The maximum Gasteiger partial charge on any atom is 0.259 e. The van der Waals surface area contributed by atoms with Crippen LogP contribution in [-0.2, 0) is 0 Å². The van der Waals surface area contributed by atoms with E-state index in [9.17, 15) is 4.79 Å².